The Kier molecular flexibility index (Phi) is 4.46. The largest absolute Gasteiger partial charge is 0.505 e. The molecule has 0 spiro atoms. The second-order valence-electron chi connectivity index (χ2n) is 6.07. The molecule has 0 bridgehead atoms. The van der Waals surface area contributed by atoms with E-state index < -0.39 is 0 Å². The van der Waals surface area contributed by atoms with E-state index in [-0.39, 0.29) is 11.8 Å². The zero-order valence-electron chi connectivity index (χ0n) is 13.9. The highest BCUT2D eigenvalue weighted by Gasteiger charge is 2.19. The third kappa shape index (κ3) is 3.22. The second-order valence-corrected chi connectivity index (χ2v) is 6.51. The normalized spacial score (nSPS) is 12.0. The Morgan fingerprint density at radius 2 is 1.62 bits per heavy atom. The van der Waals surface area contributed by atoms with Gasteiger partial charge in [0.05, 0.1) is 6.04 Å². The first-order chi connectivity index (χ1) is 12.7. The van der Waals surface area contributed by atoms with Crippen LogP contribution in [0.2, 0.25) is 5.02 Å². The molecule has 0 saturated heterocycles. The van der Waals surface area contributed by atoms with E-state index in [1.165, 1.54) is 0 Å². The van der Waals surface area contributed by atoms with Crippen LogP contribution in [-0.4, -0.2) is 10.1 Å². The van der Waals surface area contributed by atoms with Crippen molar-refractivity contribution >= 4 is 28.2 Å². The zero-order chi connectivity index (χ0) is 17.9. The minimum atomic E-state index is -0.219. The van der Waals surface area contributed by atoms with E-state index in [1.807, 2.05) is 78.9 Å². The van der Waals surface area contributed by atoms with Crippen molar-refractivity contribution in [2.24, 2.45) is 0 Å². The number of nitrogens with zero attached hydrogens (tertiary/aromatic N) is 1. The molecule has 4 heteroatoms. The standard InChI is InChI=1S/C22H17ClN2O/c23-17-9-11-18(12-10-17)25-20(15-5-2-1-3-6-15)19-13-8-16-7-4-14-24-21(16)22(19)26/h1-14,20,25-26H/t20-/m0/s1. The van der Waals surface area contributed by atoms with Gasteiger partial charge in [0.15, 0.2) is 0 Å². The van der Waals surface area contributed by atoms with Crippen molar-refractivity contribution < 1.29 is 5.11 Å². The number of pyridine rings is 1. The van der Waals surface area contributed by atoms with Crippen LogP contribution < -0.4 is 5.32 Å². The van der Waals surface area contributed by atoms with Gasteiger partial charge < -0.3 is 10.4 Å². The quantitative estimate of drug-likeness (QED) is 0.483. The van der Waals surface area contributed by atoms with Crippen LogP contribution in [0.5, 0.6) is 5.75 Å². The lowest BCUT2D eigenvalue weighted by Crippen LogP contribution is -2.12. The minimum absolute atomic E-state index is 0.193. The summed E-state index contributed by atoms with van der Waals surface area (Å²) in [6, 6.07) is 25.1. The predicted octanol–water partition coefficient (Wildman–Crippen LogP) is 5.80. The molecular formula is C22H17ClN2O. The Morgan fingerprint density at radius 3 is 2.38 bits per heavy atom. The van der Waals surface area contributed by atoms with Gasteiger partial charge in [-0.05, 0) is 35.9 Å². The molecule has 0 radical (unpaired) electrons. The van der Waals surface area contributed by atoms with Crippen molar-refractivity contribution in [2.45, 2.75) is 6.04 Å². The van der Waals surface area contributed by atoms with Crippen LogP contribution in [0.3, 0.4) is 0 Å². The van der Waals surface area contributed by atoms with Crippen LogP contribution in [0, 0.1) is 0 Å². The number of phenolic OH excluding ortho intramolecular Hbond substituents is 1. The Labute approximate surface area is 156 Å². The average Bonchev–Trinajstić information content (AvgIpc) is 2.69. The van der Waals surface area contributed by atoms with Crippen LogP contribution in [0.4, 0.5) is 5.69 Å². The fourth-order valence-corrected chi connectivity index (χ4v) is 3.20. The summed E-state index contributed by atoms with van der Waals surface area (Å²) >= 11 is 6.00. The summed E-state index contributed by atoms with van der Waals surface area (Å²) in [6.07, 6.45) is 1.69. The summed E-state index contributed by atoms with van der Waals surface area (Å²) in [5.74, 6) is 0.193. The van der Waals surface area contributed by atoms with Crippen molar-refractivity contribution in [3.63, 3.8) is 0 Å². The molecule has 3 nitrogen and oxygen atoms in total. The number of anilines is 1. The average molecular weight is 361 g/mol. The highest BCUT2D eigenvalue weighted by molar-refractivity contribution is 6.30. The number of fused-ring (bicyclic) bond motifs is 1. The summed E-state index contributed by atoms with van der Waals surface area (Å²) in [7, 11) is 0. The van der Waals surface area contributed by atoms with Crippen LogP contribution in [0.25, 0.3) is 10.9 Å². The van der Waals surface area contributed by atoms with Crippen LogP contribution in [-0.2, 0) is 0 Å². The summed E-state index contributed by atoms with van der Waals surface area (Å²) in [6.45, 7) is 0. The van der Waals surface area contributed by atoms with E-state index in [9.17, 15) is 5.11 Å². The van der Waals surface area contributed by atoms with Crippen LogP contribution in [0.1, 0.15) is 17.2 Å². The molecule has 26 heavy (non-hydrogen) atoms. The van der Waals surface area contributed by atoms with Gasteiger partial charge in [0.2, 0.25) is 0 Å². The van der Waals surface area contributed by atoms with E-state index in [0.717, 1.165) is 22.2 Å². The smallest absolute Gasteiger partial charge is 0.147 e. The maximum Gasteiger partial charge on any atom is 0.147 e. The van der Waals surface area contributed by atoms with E-state index in [4.69, 9.17) is 11.6 Å². The Morgan fingerprint density at radius 1 is 0.846 bits per heavy atom. The third-order valence-corrected chi connectivity index (χ3v) is 4.63. The number of hydrogen-bond acceptors (Lipinski definition) is 3. The molecule has 0 saturated carbocycles. The number of rotatable bonds is 4. The number of halogens is 1. The molecule has 0 amide bonds. The Hall–Kier alpha value is -3.04. The molecule has 0 aliphatic carbocycles. The van der Waals surface area contributed by atoms with E-state index in [1.54, 1.807) is 6.20 Å². The molecule has 0 fully saturated rings. The minimum Gasteiger partial charge on any atom is -0.505 e. The van der Waals surface area contributed by atoms with Crippen molar-refractivity contribution in [3.8, 4) is 5.75 Å². The molecule has 1 aromatic heterocycles. The molecule has 0 unspecified atom stereocenters. The monoisotopic (exact) mass is 360 g/mol. The molecule has 1 heterocycles. The van der Waals surface area contributed by atoms with E-state index >= 15 is 0 Å². The number of nitrogens with one attached hydrogen (secondary N) is 1. The number of aromatic nitrogens is 1. The third-order valence-electron chi connectivity index (χ3n) is 4.38. The molecular weight excluding hydrogens is 344 g/mol. The van der Waals surface area contributed by atoms with Gasteiger partial charge in [0.25, 0.3) is 0 Å². The molecule has 2 N–H and O–H groups in total. The fraction of sp³-hybridized carbons (Fsp3) is 0.0455. The van der Waals surface area contributed by atoms with Gasteiger partial charge in [-0.15, -0.1) is 0 Å². The van der Waals surface area contributed by atoms with Crippen molar-refractivity contribution in [1.29, 1.82) is 0 Å². The predicted molar refractivity (Wildman–Crippen MR) is 107 cm³/mol. The van der Waals surface area contributed by atoms with E-state index in [0.29, 0.717) is 10.5 Å². The van der Waals surface area contributed by atoms with Gasteiger partial charge in [0.1, 0.15) is 11.3 Å². The Bertz CT molecular complexity index is 1030. The summed E-state index contributed by atoms with van der Waals surface area (Å²) in [5, 5.41) is 16.0. The van der Waals surface area contributed by atoms with Crippen molar-refractivity contribution in [2.75, 3.05) is 5.32 Å². The molecule has 0 aliphatic rings. The molecule has 4 aromatic rings. The molecule has 128 valence electrons. The Balaban J connectivity index is 1.83. The lowest BCUT2D eigenvalue weighted by Gasteiger charge is -2.22. The first-order valence-electron chi connectivity index (χ1n) is 8.36. The first-order valence-corrected chi connectivity index (χ1v) is 8.74. The molecule has 1 atom stereocenters. The van der Waals surface area contributed by atoms with E-state index in [2.05, 4.69) is 10.3 Å². The van der Waals surface area contributed by atoms with Gasteiger partial charge in [-0.25, -0.2) is 0 Å². The SMILES string of the molecule is Oc1c([C@@H](Nc2ccc(Cl)cc2)c2ccccc2)ccc2cccnc12. The second kappa shape index (κ2) is 7.06. The van der Waals surface area contributed by atoms with Gasteiger partial charge in [-0.2, -0.15) is 0 Å². The number of aromatic hydroxyl groups is 1. The van der Waals surface area contributed by atoms with Gasteiger partial charge >= 0.3 is 0 Å². The maximum atomic E-state index is 10.9. The first kappa shape index (κ1) is 16.4. The lowest BCUT2D eigenvalue weighted by molar-refractivity contribution is 0.472. The van der Waals surface area contributed by atoms with Crippen molar-refractivity contribution in [1.82, 2.24) is 4.98 Å². The molecule has 3 aromatic carbocycles. The summed E-state index contributed by atoms with van der Waals surface area (Å²) in [4.78, 5) is 4.34. The van der Waals surface area contributed by atoms with Gasteiger partial charge in [0, 0.05) is 27.9 Å². The van der Waals surface area contributed by atoms with Gasteiger partial charge in [-0.1, -0.05) is 60.1 Å². The summed E-state index contributed by atoms with van der Waals surface area (Å²) in [5.41, 5.74) is 3.35. The lowest BCUT2D eigenvalue weighted by atomic mass is 9.96. The maximum absolute atomic E-state index is 10.9. The molecule has 4 rings (SSSR count). The highest BCUT2D eigenvalue weighted by atomic mass is 35.5. The number of hydrogen-bond donors (Lipinski definition) is 2. The summed E-state index contributed by atoms with van der Waals surface area (Å²) < 4.78 is 0. The number of phenols is 1. The van der Waals surface area contributed by atoms with Crippen molar-refractivity contribution in [3.05, 3.63) is 101 Å². The molecule has 0 aliphatic heterocycles. The van der Waals surface area contributed by atoms with Crippen LogP contribution in [0.15, 0.2) is 85.1 Å². The van der Waals surface area contributed by atoms with Gasteiger partial charge in [-0.3, -0.25) is 4.98 Å². The fourth-order valence-electron chi connectivity index (χ4n) is 3.08. The topological polar surface area (TPSA) is 45.1 Å². The highest BCUT2D eigenvalue weighted by Crippen LogP contribution is 2.36. The van der Waals surface area contributed by atoms with Crippen LogP contribution >= 0.6 is 11.6 Å². The number of benzene rings is 3. The zero-order valence-corrected chi connectivity index (χ0v) is 14.7.